The molecule has 0 saturated carbocycles. The van der Waals surface area contributed by atoms with Gasteiger partial charge >= 0.3 is 0 Å². The van der Waals surface area contributed by atoms with Crippen LogP contribution in [-0.4, -0.2) is 23.6 Å². The maximum Gasteiger partial charge on any atom is 0.149 e. The van der Waals surface area contributed by atoms with Gasteiger partial charge in [0.25, 0.3) is 0 Å². The van der Waals surface area contributed by atoms with Crippen LogP contribution >= 0.6 is 0 Å². The molecule has 0 aliphatic carbocycles. The van der Waals surface area contributed by atoms with Crippen molar-refractivity contribution in [1.82, 2.24) is 10.4 Å². The monoisotopic (exact) mass is 219 g/mol. The van der Waals surface area contributed by atoms with Gasteiger partial charge in [-0.3, -0.25) is 9.98 Å². The zero-order valence-electron chi connectivity index (χ0n) is 8.39. The van der Waals surface area contributed by atoms with E-state index >= 15 is 0 Å². The predicted molar refractivity (Wildman–Crippen MR) is 59.5 cm³/mol. The zero-order valence-corrected chi connectivity index (χ0v) is 8.39. The van der Waals surface area contributed by atoms with Gasteiger partial charge in [0, 0.05) is 18.0 Å². The van der Waals surface area contributed by atoms with Crippen LogP contribution in [-0.2, 0) is 0 Å². The Labute approximate surface area is 91.6 Å². The van der Waals surface area contributed by atoms with Gasteiger partial charge in [-0.05, 0) is 12.1 Å². The van der Waals surface area contributed by atoms with Crippen molar-refractivity contribution in [2.45, 2.75) is 0 Å². The summed E-state index contributed by atoms with van der Waals surface area (Å²) in [5.74, 6) is 5.27. The maximum atomic E-state index is 13.0. The predicted octanol–water partition coefficient (Wildman–Crippen LogP) is 0.399. The van der Waals surface area contributed by atoms with E-state index in [9.17, 15) is 4.39 Å². The van der Waals surface area contributed by atoms with Crippen molar-refractivity contribution >= 4 is 12.1 Å². The Hall–Kier alpha value is -2.08. The number of allylic oxidation sites excluding steroid dienone is 1. The molecule has 0 amide bonds. The summed E-state index contributed by atoms with van der Waals surface area (Å²) in [6, 6.07) is 1.31. The Morgan fingerprint density at radius 3 is 3.00 bits per heavy atom. The number of nitrogens with one attached hydrogen (secondary N) is 1. The molecule has 0 unspecified atom stereocenters. The fourth-order valence-corrected chi connectivity index (χ4v) is 1.28. The molecule has 6 heteroatoms. The van der Waals surface area contributed by atoms with Crippen LogP contribution in [0.1, 0.15) is 5.56 Å². The minimum atomic E-state index is -0.433. The summed E-state index contributed by atoms with van der Waals surface area (Å²) in [5, 5.41) is 0. The Morgan fingerprint density at radius 1 is 1.50 bits per heavy atom. The SMILES string of the molecule is NN/C(=N\C1=CC=NC1)c1cncc(F)c1. The van der Waals surface area contributed by atoms with Crippen LogP contribution in [0.3, 0.4) is 0 Å². The summed E-state index contributed by atoms with van der Waals surface area (Å²) >= 11 is 0. The van der Waals surface area contributed by atoms with E-state index in [1.807, 2.05) is 0 Å². The fraction of sp³-hybridized carbons (Fsp3) is 0.100. The Morgan fingerprint density at radius 2 is 2.38 bits per heavy atom. The highest BCUT2D eigenvalue weighted by Crippen LogP contribution is 2.06. The van der Waals surface area contributed by atoms with Gasteiger partial charge in [0.05, 0.1) is 18.4 Å². The first kappa shape index (κ1) is 10.4. The van der Waals surface area contributed by atoms with E-state index in [2.05, 4.69) is 20.4 Å². The van der Waals surface area contributed by atoms with Gasteiger partial charge in [0.2, 0.25) is 0 Å². The van der Waals surface area contributed by atoms with Gasteiger partial charge < -0.3 is 5.43 Å². The molecular weight excluding hydrogens is 209 g/mol. The number of rotatable bonds is 2. The number of aromatic nitrogens is 1. The zero-order chi connectivity index (χ0) is 11.4. The molecule has 2 rings (SSSR count). The van der Waals surface area contributed by atoms with Crippen LogP contribution in [0, 0.1) is 5.82 Å². The molecule has 16 heavy (non-hydrogen) atoms. The molecule has 0 saturated heterocycles. The molecular formula is C10H10FN5. The lowest BCUT2D eigenvalue weighted by atomic mass is 10.2. The maximum absolute atomic E-state index is 13.0. The van der Waals surface area contributed by atoms with Crippen LogP contribution < -0.4 is 11.3 Å². The highest BCUT2D eigenvalue weighted by molar-refractivity contribution is 5.99. The lowest BCUT2D eigenvalue weighted by molar-refractivity contribution is 0.621. The van der Waals surface area contributed by atoms with E-state index in [0.717, 1.165) is 11.9 Å². The van der Waals surface area contributed by atoms with E-state index in [-0.39, 0.29) is 0 Å². The first-order chi connectivity index (χ1) is 7.79. The quantitative estimate of drug-likeness (QED) is 0.327. The number of hydrogen-bond acceptors (Lipinski definition) is 4. The molecule has 1 aromatic heterocycles. The van der Waals surface area contributed by atoms with Crippen LogP contribution in [0.4, 0.5) is 4.39 Å². The summed E-state index contributed by atoms with van der Waals surface area (Å²) in [5.41, 5.74) is 3.68. The first-order valence-corrected chi connectivity index (χ1v) is 4.65. The normalized spacial score (nSPS) is 15.1. The van der Waals surface area contributed by atoms with E-state index in [1.54, 1.807) is 12.3 Å². The molecule has 2 heterocycles. The summed E-state index contributed by atoms with van der Waals surface area (Å²) in [7, 11) is 0. The molecule has 0 fully saturated rings. The smallest absolute Gasteiger partial charge is 0.149 e. The molecule has 1 aliphatic heterocycles. The third kappa shape index (κ3) is 2.29. The van der Waals surface area contributed by atoms with Crippen LogP contribution in [0.25, 0.3) is 0 Å². The highest BCUT2D eigenvalue weighted by atomic mass is 19.1. The molecule has 0 bridgehead atoms. The number of hydrogen-bond donors (Lipinski definition) is 2. The van der Waals surface area contributed by atoms with Crippen molar-refractivity contribution in [3.05, 3.63) is 41.6 Å². The first-order valence-electron chi connectivity index (χ1n) is 4.65. The lowest BCUT2D eigenvalue weighted by Crippen LogP contribution is -2.31. The number of pyridine rings is 1. The minimum absolute atomic E-state index is 0.365. The molecule has 5 nitrogen and oxygen atoms in total. The summed E-state index contributed by atoms with van der Waals surface area (Å²) in [4.78, 5) is 11.9. The topological polar surface area (TPSA) is 75.7 Å². The largest absolute Gasteiger partial charge is 0.308 e. The second kappa shape index (κ2) is 4.63. The van der Waals surface area contributed by atoms with E-state index in [1.165, 1.54) is 12.3 Å². The van der Waals surface area contributed by atoms with E-state index in [0.29, 0.717) is 17.9 Å². The average Bonchev–Trinajstić information content (AvgIpc) is 2.78. The van der Waals surface area contributed by atoms with Crippen molar-refractivity contribution in [3.63, 3.8) is 0 Å². The Balaban J connectivity index is 2.29. The number of nitrogens with two attached hydrogens (primary N) is 1. The standard InChI is InChI=1S/C10H10FN5/c11-8-3-7(4-14-5-8)10(16-12)15-9-1-2-13-6-9/h1-5H,6,12H2,(H,15,16). The van der Waals surface area contributed by atoms with Crippen molar-refractivity contribution in [1.29, 1.82) is 0 Å². The van der Waals surface area contributed by atoms with Crippen LogP contribution in [0.15, 0.2) is 40.2 Å². The second-order valence-corrected chi connectivity index (χ2v) is 3.14. The van der Waals surface area contributed by atoms with Crippen LogP contribution in [0.5, 0.6) is 0 Å². The van der Waals surface area contributed by atoms with Gasteiger partial charge in [-0.1, -0.05) is 0 Å². The van der Waals surface area contributed by atoms with Crippen molar-refractivity contribution < 1.29 is 4.39 Å². The van der Waals surface area contributed by atoms with Crippen molar-refractivity contribution in [2.75, 3.05) is 6.54 Å². The van der Waals surface area contributed by atoms with Gasteiger partial charge in [0.15, 0.2) is 0 Å². The molecule has 0 aromatic carbocycles. The molecule has 3 N–H and O–H groups in total. The molecule has 0 atom stereocenters. The Kier molecular flexibility index (Phi) is 3.02. The van der Waals surface area contributed by atoms with E-state index < -0.39 is 5.82 Å². The number of amidine groups is 1. The number of halogens is 1. The third-order valence-corrected chi connectivity index (χ3v) is 2.00. The summed E-state index contributed by atoms with van der Waals surface area (Å²) in [6.07, 6.45) is 6.04. The number of nitrogens with zero attached hydrogens (tertiary/aromatic N) is 3. The molecule has 0 spiro atoms. The molecule has 1 aromatic rings. The summed E-state index contributed by atoms with van der Waals surface area (Å²) < 4.78 is 13.0. The molecule has 82 valence electrons. The van der Waals surface area contributed by atoms with Crippen LogP contribution in [0.2, 0.25) is 0 Å². The van der Waals surface area contributed by atoms with E-state index in [4.69, 9.17) is 5.84 Å². The van der Waals surface area contributed by atoms with Gasteiger partial charge in [-0.25, -0.2) is 15.2 Å². The lowest BCUT2D eigenvalue weighted by Gasteiger charge is -2.05. The second-order valence-electron chi connectivity index (χ2n) is 3.14. The number of aliphatic imine (C=N–C) groups is 2. The molecule has 0 radical (unpaired) electrons. The third-order valence-electron chi connectivity index (χ3n) is 2.00. The van der Waals surface area contributed by atoms with Crippen molar-refractivity contribution in [2.24, 2.45) is 15.8 Å². The van der Waals surface area contributed by atoms with Gasteiger partial charge in [-0.2, -0.15) is 0 Å². The summed E-state index contributed by atoms with van der Waals surface area (Å²) in [6.45, 7) is 0.508. The average molecular weight is 219 g/mol. The fourth-order valence-electron chi connectivity index (χ4n) is 1.28. The number of hydrazine groups is 1. The minimum Gasteiger partial charge on any atom is -0.308 e. The van der Waals surface area contributed by atoms with Gasteiger partial charge in [0.1, 0.15) is 11.7 Å². The highest BCUT2D eigenvalue weighted by Gasteiger charge is 2.06. The molecule has 1 aliphatic rings. The van der Waals surface area contributed by atoms with Crippen molar-refractivity contribution in [3.8, 4) is 0 Å². The van der Waals surface area contributed by atoms with Gasteiger partial charge in [-0.15, -0.1) is 0 Å². The Bertz CT molecular complexity index is 478.